The van der Waals surface area contributed by atoms with Gasteiger partial charge >= 0.3 is 11.9 Å². The van der Waals surface area contributed by atoms with Gasteiger partial charge in [-0.25, -0.2) is 0 Å². The molecule has 42 heavy (non-hydrogen) atoms. The van der Waals surface area contributed by atoms with Gasteiger partial charge in [-0.2, -0.15) is 0 Å². The summed E-state index contributed by atoms with van der Waals surface area (Å²) in [6, 6.07) is 8.10. The molecule has 4 fully saturated rings. The zero-order valence-corrected chi connectivity index (χ0v) is 25.0. The van der Waals surface area contributed by atoms with Gasteiger partial charge in [0.15, 0.2) is 0 Å². The number of rotatable bonds is 6. The van der Waals surface area contributed by atoms with E-state index in [1.807, 2.05) is 12.1 Å². The van der Waals surface area contributed by atoms with Crippen LogP contribution in [0.15, 0.2) is 36.7 Å². The van der Waals surface area contributed by atoms with E-state index in [1.54, 1.807) is 24.5 Å². The Bertz CT molecular complexity index is 1100. The first-order chi connectivity index (χ1) is 20.3. The quantitative estimate of drug-likeness (QED) is 0.489. The molecular formula is C30H38Cl2N4O6. The molecule has 2 aromatic rings. The molecule has 0 aliphatic carbocycles. The first kappa shape index (κ1) is 31.1. The van der Waals surface area contributed by atoms with Crippen molar-refractivity contribution in [3.8, 4) is 0 Å². The van der Waals surface area contributed by atoms with E-state index in [9.17, 15) is 19.8 Å². The Labute approximate surface area is 255 Å². The van der Waals surface area contributed by atoms with Crippen LogP contribution in [0, 0.1) is 11.8 Å². The minimum Gasteiger partial charge on any atom is -0.481 e. The molecule has 0 amide bonds. The van der Waals surface area contributed by atoms with Gasteiger partial charge in [-0.15, -0.1) is 0 Å². The smallest absolute Gasteiger partial charge is 0.308 e. The summed E-state index contributed by atoms with van der Waals surface area (Å²) in [6.07, 6.45) is 7.10. The number of carboxylic acids is 2. The number of ether oxygens (including phenoxy) is 2. The molecule has 10 nitrogen and oxygen atoms in total. The van der Waals surface area contributed by atoms with Crippen LogP contribution >= 0.6 is 23.2 Å². The first-order valence-electron chi connectivity index (χ1n) is 14.6. The highest BCUT2D eigenvalue weighted by atomic mass is 35.5. The Morgan fingerprint density at radius 2 is 1.05 bits per heavy atom. The monoisotopic (exact) mass is 620 g/mol. The van der Waals surface area contributed by atoms with Crippen molar-refractivity contribution < 1.29 is 29.3 Å². The highest BCUT2D eigenvalue weighted by Gasteiger charge is 2.43. The van der Waals surface area contributed by atoms with E-state index in [0.717, 1.165) is 76.6 Å². The number of likely N-dealkylation sites (tertiary alicyclic amines) is 2. The molecule has 6 rings (SSSR count). The van der Waals surface area contributed by atoms with Crippen LogP contribution in [-0.2, 0) is 19.1 Å². The number of aliphatic carboxylic acids is 2. The van der Waals surface area contributed by atoms with Gasteiger partial charge in [0.2, 0.25) is 0 Å². The van der Waals surface area contributed by atoms with Crippen molar-refractivity contribution in [2.24, 2.45) is 11.8 Å². The largest absolute Gasteiger partial charge is 0.481 e. The Morgan fingerprint density at radius 3 is 1.36 bits per heavy atom. The molecule has 0 unspecified atom stereocenters. The first-order valence-corrected chi connectivity index (χ1v) is 15.4. The van der Waals surface area contributed by atoms with Crippen LogP contribution in [0.25, 0.3) is 0 Å². The third-order valence-corrected chi connectivity index (χ3v) is 9.45. The predicted molar refractivity (Wildman–Crippen MR) is 157 cm³/mol. The fourth-order valence-corrected chi connectivity index (χ4v) is 6.90. The third kappa shape index (κ3) is 7.59. The van der Waals surface area contributed by atoms with Gasteiger partial charge in [0, 0.05) is 100 Å². The van der Waals surface area contributed by atoms with Crippen LogP contribution in [0.3, 0.4) is 0 Å². The topological polar surface area (TPSA) is 125 Å². The van der Waals surface area contributed by atoms with E-state index < -0.39 is 23.8 Å². The van der Waals surface area contributed by atoms with Crippen molar-refractivity contribution in [1.29, 1.82) is 0 Å². The number of halogens is 2. The van der Waals surface area contributed by atoms with Crippen LogP contribution in [0.4, 0.5) is 0 Å². The van der Waals surface area contributed by atoms with Crippen molar-refractivity contribution in [2.45, 2.75) is 49.6 Å². The normalized spacial score (nSPS) is 27.9. The van der Waals surface area contributed by atoms with Crippen LogP contribution in [0.1, 0.15) is 48.9 Å². The van der Waals surface area contributed by atoms with Gasteiger partial charge < -0.3 is 19.7 Å². The lowest BCUT2D eigenvalue weighted by atomic mass is 9.93. The van der Waals surface area contributed by atoms with Crippen LogP contribution in [0.2, 0.25) is 10.0 Å². The molecule has 0 bridgehead atoms. The molecule has 228 valence electrons. The molecule has 0 saturated carbocycles. The molecule has 0 spiro atoms. The molecule has 12 heteroatoms. The van der Waals surface area contributed by atoms with E-state index in [0.29, 0.717) is 35.2 Å². The van der Waals surface area contributed by atoms with E-state index >= 15 is 0 Å². The highest BCUT2D eigenvalue weighted by Crippen LogP contribution is 2.36. The van der Waals surface area contributed by atoms with E-state index in [-0.39, 0.29) is 11.8 Å². The third-order valence-electron chi connectivity index (χ3n) is 9.01. The van der Waals surface area contributed by atoms with E-state index in [1.165, 1.54) is 0 Å². The summed E-state index contributed by atoms with van der Waals surface area (Å²) < 4.78 is 10.8. The number of pyridine rings is 2. The van der Waals surface area contributed by atoms with Crippen LogP contribution in [0.5, 0.6) is 0 Å². The van der Waals surface area contributed by atoms with Crippen molar-refractivity contribution >= 4 is 35.1 Å². The van der Waals surface area contributed by atoms with Gasteiger partial charge in [-0.1, -0.05) is 23.2 Å². The molecule has 6 heterocycles. The molecular weight excluding hydrogens is 583 g/mol. The summed E-state index contributed by atoms with van der Waals surface area (Å²) in [4.78, 5) is 36.4. The standard InChI is InChI=1S/2C15H19ClN2O3/c2*16-10-1-2-14(17-7-10)12-8-18(9-13(12)15(19)20)11-3-5-21-6-4-11/h2*1-2,7,11-13H,3-6,8-9H2,(H,19,20)/t2*12-,13-/m10/s1. The molecule has 2 N–H and O–H groups in total. The van der Waals surface area contributed by atoms with Gasteiger partial charge in [0.25, 0.3) is 0 Å². The van der Waals surface area contributed by atoms with Crippen molar-refractivity contribution in [1.82, 2.24) is 19.8 Å². The van der Waals surface area contributed by atoms with E-state index in [4.69, 9.17) is 32.7 Å². The van der Waals surface area contributed by atoms with Gasteiger partial charge in [-0.05, 0) is 49.9 Å². The van der Waals surface area contributed by atoms with Crippen molar-refractivity contribution in [2.75, 3.05) is 52.6 Å². The summed E-state index contributed by atoms with van der Waals surface area (Å²) in [7, 11) is 0. The zero-order valence-electron chi connectivity index (χ0n) is 23.5. The summed E-state index contributed by atoms with van der Waals surface area (Å²) >= 11 is 11.7. The Morgan fingerprint density at radius 1 is 0.667 bits per heavy atom. The molecule has 4 aliphatic heterocycles. The number of hydrogen-bond donors (Lipinski definition) is 2. The zero-order chi connectivity index (χ0) is 29.6. The predicted octanol–water partition coefficient (Wildman–Crippen LogP) is 4.03. The molecule has 2 aromatic heterocycles. The summed E-state index contributed by atoms with van der Waals surface area (Å²) in [6.45, 7) is 5.74. The average molecular weight is 622 g/mol. The summed E-state index contributed by atoms with van der Waals surface area (Å²) in [5, 5.41) is 20.2. The second kappa shape index (κ2) is 14.4. The molecule has 4 aliphatic rings. The number of nitrogens with zero attached hydrogens (tertiary/aromatic N) is 4. The second-order valence-electron chi connectivity index (χ2n) is 11.5. The fourth-order valence-electron chi connectivity index (χ4n) is 6.68. The molecule has 0 radical (unpaired) electrons. The maximum atomic E-state index is 11.6. The minimum atomic E-state index is -0.744. The lowest BCUT2D eigenvalue weighted by Gasteiger charge is -2.31. The van der Waals surface area contributed by atoms with Crippen LogP contribution < -0.4 is 0 Å². The van der Waals surface area contributed by atoms with E-state index in [2.05, 4.69) is 19.8 Å². The average Bonchev–Trinajstić information content (AvgIpc) is 3.66. The molecule has 0 aromatic carbocycles. The molecule has 4 atom stereocenters. The van der Waals surface area contributed by atoms with Gasteiger partial charge in [-0.3, -0.25) is 29.4 Å². The van der Waals surface area contributed by atoms with Crippen molar-refractivity contribution in [3.63, 3.8) is 0 Å². The van der Waals surface area contributed by atoms with Crippen molar-refractivity contribution in [3.05, 3.63) is 58.1 Å². The Balaban J connectivity index is 0.000000168. The number of carboxylic acid groups (broad SMARTS) is 2. The maximum absolute atomic E-state index is 11.6. The number of aromatic nitrogens is 2. The second-order valence-corrected chi connectivity index (χ2v) is 12.4. The lowest BCUT2D eigenvalue weighted by Crippen LogP contribution is -2.38. The molecule has 4 saturated heterocycles. The minimum absolute atomic E-state index is 0.0670. The Kier molecular flexibility index (Phi) is 10.7. The highest BCUT2D eigenvalue weighted by molar-refractivity contribution is 6.30. The maximum Gasteiger partial charge on any atom is 0.308 e. The Hall–Kier alpha value is -2.34. The van der Waals surface area contributed by atoms with Crippen LogP contribution in [-0.4, -0.2) is 107 Å². The van der Waals surface area contributed by atoms with Gasteiger partial charge in [0.05, 0.1) is 21.9 Å². The fraction of sp³-hybridized carbons (Fsp3) is 0.600. The number of carbonyl (C=O) groups is 2. The lowest BCUT2D eigenvalue weighted by molar-refractivity contribution is -0.142. The SMILES string of the molecule is O=C(O)[C@@H]1CN(C2CCOCC2)C[C@H]1c1ccc(Cl)cn1.O=C(O)[C@H]1CN(C2CCOCC2)C[C@@H]1c1ccc(Cl)cn1. The van der Waals surface area contributed by atoms with Gasteiger partial charge in [0.1, 0.15) is 0 Å². The number of hydrogen-bond acceptors (Lipinski definition) is 8. The summed E-state index contributed by atoms with van der Waals surface area (Å²) in [5.41, 5.74) is 1.64. The summed E-state index contributed by atoms with van der Waals surface area (Å²) in [5.74, 6) is -2.43.